The standard InChI is InChI=1S/C13H25NO3/c1-5-11(15)10-6-8-14(9-7-10)12(16)17-13(2,3)4/h10-11,15H,5-9H2,1-4H3/t11-/m1/s1. The zero-order valence-electron chi connectivity index (χ0n) is 11.4. The van der Waals surface area contributed by atoms with Crippen LogP contribution < -0.4 is 0 Å². The average molecular weight is 243 g/mol. The van der Waals surface area contributed by atoms with Gasteiger partial charge in [0.1, 0.15) is 5.60 Å². The average Bonchev–Trinajstić information content (AvgIpc) is 2.26. The number of hydrogen-bond donors (Lipinski definition) is 1. The van der Waals surface area contributed by atoms with Crippen LogP contribution in [0, 0.1) is 5.92 Å². The van der Waals surface area contributed by atoms with Crippen LogP contribution in [0.5, 0.6) is 0 Å². The fourth-order valence-corrected chi connectivity index (χ4v) is 2.13. The third-order valence-corrected chi connectivity index (χ3v) is 3.15. The van der Waals surface area contributed by atoms with Gasteiger partial charge in [0.2, 0.25) is 0 Å². The molecule has 1 aliphatic rings. The van der Waals surface area contributed by atoms with Gasteiger partial charge in [0.05, 0.1) is 6.10 Å². The Kier molecular flexibility index (Phi) is 4.80. The van der Waals surface area contributed by atoms with Gasteiger partial charge in [0, 0.05) is 13.1 Å². The Morgan fingerprint density at radius 2 is 1.94 bits per heavy atom. The maximum Gasteiger partial charge on any atom is 0.410 e. The van der Waals surface area contributed by atoms with E-state index in [1.807, 2.05) is 27.7 Å². The molecule has 1 saturated heterocycles. The first kappa shape index (κ1) is 14.3. The minimum absolute atomic E-state index is 0.226. The van der Waals surface area contributed by atoms with Crippen LogP contribution in [0.4, 0.5) is 4.79 Å². The minimum Gasteiger partial charge on any atom is -0.444 e. The molecule has 0 radical (unpaired) electrons. The van der Waals surface area contributed by atoms with Crippen LogP contribution in [-0.4, -0.2) is 40.9 Å². The monoisotopic (exact) mass is 243 g/mol. The maximum absolute atomic E-state index is 11.8. The van der Waals surface area contributed by atoms with Crippen molar-refractivity contribution >= 4 is 6.09 Å². The predicted molar refractivity (Wildman–Crippen MR) is 66.8 cm³/mol. The van der Waals surface area contributed by atoms with Crippen molar-refractivity contribution in [2.24, 2.45) is 5.92 Å². The molecule has 4 heteroatoms. The summed E-state index contributed by atoms with van der Waals surface area (Å²) in [6.07, 6.45) is 2.07. The Balaban J connectivity index is 2.39. The van der Waals surface area contributed by atoms with E-state index in [0.717, 1.165) is 19.3 Å². The lowest BCUT2D eigenvalue weighted by Crippen LogP contribution is -2.43. The summed E-state index contributed by atoms with van der Waals surface area (Å²) in [7, 11) is 0. The van der Waals surface area contributed by atoms with E-state index in [2.05, 4.69) is 0 Å². The number of nitrogens with zero attached hydrogens (tertiary/aromatic N) is 1. The lowest BCUT2D eigenvalue weighted by atomic mass is 9.90. The molecule has 1 atom stereocenters. The molecular weight excluding hydrogens is 218 g/mol. The van der Waals surface area contributed by atoms with Crippen LogP contribution in [0.2, 0.25) is 0 Å². The number of piperidine rings is 1. The van der Waals surface area contributed by atoms with Crippen molar-refractivity contribution in [2.75, 3.05) is 13.1 Å². The highest BCUT2D eigenvalue weighted by Crippen LogP contribution is 2.23. The molecule has 0 aromatic rings. The first-order valence-corrected chi connectivity index (χ1v) is 6.49. The van der Waals surface area contributed by atoms with Crippen molar-refractivity contribution in [2.45, 2.75) is 58.7 Å². The van der Waals surface area contributed by atoms with Crippen molar-refractivity contribution in [3.63, 3.8) is 0 Å². The van der Waals surface area contributed by atoms with Crippen LogP contribution >= 0.6 is 0 Å². The molecule has 0 aromatic heterocycles. The zero-order valence-corrected chi connectivity index (χ0v) is 11.4. The van der Waals surface area contributed by atoms with Gasteiger partial charge < -0.3 is 14.7 Å². The van der Waals surface area contributed by atoms with E-state index in [-0.39, 0.29) is 12.2 Å². The quantitative estimate of drug-likeness (QED) is 0.810. The number of likely N-dealkylation sites (tertiary alicyclic amines) is 1. The molecule has 100 valence electrons. The molecule has 1 N–H and O–H groups in total. The number of amides is 1. The molecule has 1 rings (SSSR count). The summed E-state index contributed by atoms with van der Waals surface area (Å²) in [5.74, 6) is 0.332. The van der Waals surface area contributed by atoms with Gasteiger partial charge >= 0.3 is 6.09 Å². The van der Waals surface area contributed by atoms with E-state index in [0.29, 0.717) is 19.0 Å². The summed E-state index contributed by atoms with van der Waals surface area (Å²) < 4.78 is 5.32. The number of carbonyl (C=O) groups is 1. The van der Waals surface area contributed by atoms with Crippen LogP contribution in [-0.2, 0) is 4.74 Å². The van der Waals surface area contributed by atoms with E-state index in [1.54, 1.807) is 4.90 Å². The highest BCUT2D eigenvalue weighted by molar-refractivity contribution is 5.68. The first-order valence-electron chi connectivity index (χ1n) is 6.49. The van der Waals surface area contributed by atoms with Gasteiger partial charge in [0.15, 0.2) is 0 Å². The van der Waals surface area contributed by atoms with Crippen molar-refractivity contribution < 1.29 is 14.6 Å². The number of ether oxygens (including phenoxy) is 1. The fraction of sp³-hybridized carbons (Fsp3) is 0.923. The Hall–Kier alpha value is -0.770. The smallest absolute Gasteiger partial charge is 0.410 e. The Labute approximate surface area is 104 Å². The molecule has 1 aliphatic heterocycles. The number of aliphatic hydroxyl groups is 1. The Morgan fingerprint density at radius 3 is 2.35 bits per heavy atom. The molecule has 4 nitrogen and oxygen atoms in total. The van der Waals surface area contributed by atoms with Crippen molar-refractivity contribution in [1.82, 2.24) is 4.90 Å². The van der Waals surface area contributed by atoms with Gasteiger partial charge in [-0.25, -0.2) is 4.79 Å². The van der Waals surface area contributed by atoms with Crippen LogP contribution in [0.15, 0.2) is 0 Å². The van der Waals surface area contributed by atoms with Crippen molar-refractivity contribution in [1.29, 1.82) is 0 Å². The largest absolute Gasteiger partial charge is 0.444 e. The summed E-state index contributed by atoms with van der Waals surface area (Å²) in [4.78, 5) is 13.5. The van der Waals surface area contributed by atoms with Gasteiger partial charge in [-0.1, -0.05) is 6.92 Å². The van der Waals surface area contributed by atoms with Crippen LogP contribution in [0.3, 0.4) is 0 Å². The number of rotatable bonds is 2. The topological polar surface area (TPSA) is 49.8 Å². The summed E-state index contributed by atoms with van der Waals surface area (Å²) in [6.45, 7) is 8.99. The summed E-state index contributed by atoms with van der Waals surface area (Å²) in [6, 6.07) is 0. The first-order chi connectivity index (χ1) is 7.83. The van der Waals surface area contributed by atoms with E-state index in [1.165, 1.54) is 0 Å². The van der Waals surface area contributed by atoms with Crippen molar-refractivity contribution in [3.05, 3.63) is 0 Å². The molecule has 0 spiro atoms. The second kappa shape index (κ2) is 5.71. The minimum atomic E-state index is -0.434. The van der Waals surface area contributed by atoms with Crippen molar-refractivity contribution in [3.8, 4) is 0 Å². The molecule has 1 amide bonds. The number of hydrogen-bond acceptors (Lipinski definition) is 3. The van der Waals surface area contributed by atoms with E-state index in [4.69, 9.17) is 4.74 Å². The molecule has 1 fully saturated rings. The van der Waals surface area contributed by atoms with Gasteiger partial charge in [-0.3, -0.25) is 0 Å². The maximum atomic E-state index is 11.8. The SMILES string of the molecule is CC[C@@H](O)C1CCN(C(=O)OC(C)(C)C)CC1. The number of aliphatic hydroxyl groups excluding tert-OH is 1. The lowest BCUT2D eigenvalue weighted by molar-refractivity contribution is 0.00754. The van der Waals surface area contributed by atoms with Crippen LogP contribution in [0.1, 0.15) is 47.0 Å². The fourth-order valence-electron chi connectivity index (χ4n) is 2.13. The van der Waals surface area contributed by atoms with Crippen LogP contribution in [0.25, 0.3) is 0 Å². The third kappa shape index (κ3) is 4.54. The Bertz CT molecular complexity index is 252. The number of carbonyl (C=O) groups excluding carboxylic acids is 1. The summed E-state index contributed by atoms with van der Waals surface area (Å²) >= 11 is 0. The molecule has 0 aliphatic carbocycles. The predicted octanol–water partition coefficient (Wildman–Crippen LogP) is 2.40. The van der Waals surface area contributed by atoms with Gasteiger partial charge in [0.25, 0.3) is 0 Å². The normalized spacial score (nSPS) is 20.2. The second-order valence-electron chi connectivity index (χ2n) is 5.78. The van der Waals surface area contributed by atoms with Gasteiger partial charge in [-0.2, -0.15) is 0 Å². The summed E-state index contributed by atoms with van der Waals surface area (Å²) in [5, 5.41) is 9.76. The third-order valence-electron chi connectivity index (χ3n) is 3.15. The van der Waals surface area contributed by atoms with E-state index >= 15 is 0 Å². The summed E-state index contributed by atoms with van der Waals surface area (Å²) in [5.41, 5.74) is -0.434. The molecular formula is C13H25NO3. The van der Waals surface area contributed by atoms with Gasteiger partial charge in [-0.15, -0.1) is 0 Å². The highest BCUT2D eigenvalue weighted by atomic mass is 16.6. The second-order valence-corrected chi connectivity index (χ2v) is 5.78. The molecule has 0 unspecified atom stereocenters. The molecule has 17 heavy (non-hydrogen) atoms. The zero-order chi connectivity index (χ0) is 13.1. The van der Waals surface area contributed by atoms with E-state index < -0.39 is 5.60 Å². The van der Waals surface area contributed by atoms with Gasteiger partial charge in [-0.05, 0) is 46.0 Å². The molecule has 0 saturated carbocycles. The molecule has 1 heterocycles. The molecule has 0 bridgehead atoms. The Morgan fingerprint density at radius 1 is 1.41 bits per heavy atom. The van der Waals surface area contributed by atoms with E-state index in [9.17, 15) is 9.90 Å². The molecule has 0 aromatic carbocycles. The highest BCUT2D eigenvalue weighted by Gasteiger charge is 2.29. The lowest BCUT2D eigenvalue weighted by Gasteiger charge is -2.34.